The summed E-state index contributed by atoms with van der Waals surface area (Å²) in [6.45, 7) is 3.53. The number of H-pyrrole nitrogens is 1. The summed E-state index contributed by atoms with van der Waals surface area (Å²) in [6.07, 6.45) is 5.72. The highest BCUT2D eigenvalue weighted by Crippen LogP contribution is 2.34. The van der Waals surface area contributed by atoms with Crippen molar-refractivity contribution in [1.82, 2.24) is 25.8 Å². The molecule has 0 radical (unpaired) electrons. The van der Waals surface area contributed by atoms with Gasteiger partial charge in [-0.15, -0.1) is 24.0 Å². The number of benzene rings is 1. The number of aromatic nitrogens is 3. The number of hydrogen-bond acceptors (Lipinski definition) is 4. The van der Waals surface area contributed by atoms with Crippen LogP contribution in [-0.2, 0) is 11.3 Å². The summed E-state index contributed by atoms with van der Waals surface area (Å²) < 4.78 is 5.92. The SMILES string of the molecule is CCNC(=NCc1cccc(-c2ncn[nH]2)c1)NC1CC2CCC1O2.I. The largest absolute Gasteiger partial charge is 0.373 e. The summed E-state index contributed by atoms with van der Waals surface area (Å²) in [5, 5.41) is 13.7. The number of rotatable bonds is 5. The van der Waals surface area contributed by atoms with Crippen LogP contribution in [0.1, 0.15) is 31.7 Å². The van der Waals surface area contributed by atoms with Gasteiger partial charge in [0.1, 0.15) is 6.33 Å². The topological polar surface area (TPSA) is 87.2 Å². The first-order valence-electron chi connectivity index (χ1n) is 8.97. The molecule has 1 aromatic carbocycles. The van der Waals surface area contributed by atoms with Gasteiger partial charge in [0.25, 0.3) is 0 Å². The summed E-state index contributed by atoms with van der Waals surface area (Å²) in [4.78, 5) is 8.95. The lowest BCUT2D eigenvalue weighted by atomic mass is 9.96. The van der Waals surface area contributed by atoms with Crippen LogP contribution in [0.25, 0.3) is 11.4 Å². The number of ether oxygens (including phenoxy) is 1. The quantitative estimate of drug-likeness (QED) is 0.357. The van der Waals surface area contributed by atoms with Crippen LogP contribution in [0.2, 0.25) is 0 Å². The van der Waals surface area contributed by atoms with Crippen molar-refractivity contribution in [3.63, 3.8) is 0 Å². The fraction of sp³-hybridized carbons (Fsp3) is 0.500. The van der Waals surface area contributed by atoms with E-state index in [9.17, 15) is 0 Å². The Labute approximate surface area is 170 Å². The lowest BCUT2D eigenvalue weighted by molar-refractivity contribution is 0.0992. The van der Waals surface area contributed by atoms with Gasteiger partial charge in [-0.05, 0) is 37.8 Å². The van der Waals surface area contributed by atoms with E-state index in [1.165, 1.54) is 12.7 Å². The van der Waals surface area contributed by atoms with E-state index in [1.807, 2.05) is 12.1 Å². The normalized spacial score (nSPS) is 24.3. The van der Waals surface area contributed by atoms with Gasteiger partial charge in [0.05, 0.1) is 24.8 Å². The highest BCUT2D eigenvalue weighted by atomic mass is 127. The standard InChI is InChI=1S/C18H24N6O.HI/c1-2-19-18(23-15-9-14-6-7-16(15)25-14)20-10-12-4-3-5-13(8-12)17-21-11-22-24-17;/h3-5,8,11,14-16H,2,6-7,9-10H2,1H3,(H2,19,20,23)(H,21,22,24);1H. The smallest absolute Gasteiger partial charge is 0.191 e. The van der Waals surface area contributed by atoms with Gasteiger partial charge < -0.3 is 15.4 Å². The summed E-state index contributed by atoms with van der Waals surface area (Å²) in [5.74, 6) is 1.63. The maximum absolute atomic E-state index is 5.92. The van der Waals surface area contributed by atoms with E-state index in [4.69, 9.17) is 9.73 Å². The second-order valence-electron chi connectivity index (χ2n) is 6.59. The molecule has 0 saturated carbocycles. The van der Waals surface area contributed by atoms with Gasteiger partial charge in [0.15, 0.2) is 11.8 Å². The summed E-state index contributed by atoms with van der Waals surface area (Å²) in [6, 6.07) is 8.58. The minimum absolute atomic E-state index is 0. The molecule has 2 fully saturated rings. The van der Waals surface area contributed by atoms with Crippen molar-refractivity contribution in [3.8, 4) is 11.4 Å². The molecule has 3 heterocycles. The molecule has 26 heavy (non-hydrogen) atoms. The van der Waals surface area contributed by atoms with Crippen molar-refractivity contribution in [2.45, 2.75) is 51.0 Å². The van der Waals surface area contributed by atoms with Crippen molar-refractivity contribution in [2.24, 2.45) is 4.99 Å². The van der Waals surface area contributed by atoms with Crippen molar-refractivity contribution < 1.29 is 4.74 Å². The number of aliphatic imine (C=N–C) groups is 1. The Balaban J connectivity index is 0.00000196. The van der Waals surface area contributed by atoms with Crippen molar-refractivity contribution >= 4 is 29.9 Å². The van der Waals surface area contributed by atoms with Crippen LogP contribution >= 0.6 is 24.0 Å². The summed E-state index contributed by atoms with van der Waals surface area (Å²) >= 11 is 0. The maximum atomic E-state index is 5.92. The Bertz CT molecular complexity index is 735. The average Bonchev–Trinajstić information content (AvgIpc) is 3.38. The second kappa shape index (κ2) is 8.81. The van der Waals surface area contributed by atoms with Gasteiger partial charge >= 0.3 is 0 Å². The van der Waals surface area contributed by atoms with Gasteiger partial charge in [-0.2, -0.15) is 5.10 Å². The van der Waals surface area contributed by atoms with E-state index < -0.39 is 0 Å². The zero-order valence-electron chi connectivity index (χ0n) is 14.8. The highest BCUT2D eigenvalue weighted by molar-refractivity contribution is 14.0. The van der Waals surface area contributed by atoms with Crippen molar-refractivity contribution in [3.05, 3.63) is 36.2 Å². The van der Waals surface area contributed by atoms with Crippen LogP contribution in [0, 0.1) is 0 Å². The summed E-state index contributed by atoms with van der Waals surface area (Å²) in [5.41, 5.74) is 2.15. The monoisotopic (exact) mass is 468 g/mol. The number of nitrogens with zero attached hydrogens (tertiary/aromatic N) is 3. The molecule has 3 N–H and O–H groups in total. The van der Waals surface area contributed by atoms with Crippen LogP contribution < -0.4 is 10.6 Å². The number of hydrogen-bond donors (Lipinski definition) is 3. The van der Waals surface area contributed by atoms with E-state index in [1.54, 1.807) is 0 Å². The first kappa shape index (κ1) is 19.1. The lowest BCUT2D eigenvalue weighted by Crippen LogP contribution is -2.47. The van der Waals surface area contributed by atoms with Crippen LogP contribution in [0.15, 0.2) is 35.6 Å². The molecule has 0 spiro atoms. The van der Waals surface area contributed by atoms with Crippen molar-refractivity contribution in [2.75, 3.05) is 6.54 Å². The minimum atomic E-state index is 0. The van der Waals surface area contributed by atoms with E-state index in [0.29, 0.717) is 24.8 Å². The summed E-state index contributed by atoms with van der Waals surface area (Å²) in [7, 11) is 0. The third-order valence-electron chi connectivity index (χ3n) is 4.81. The molecule has 3 unspecified atom stereocenters. The van der Waals surface area contributed by atoms with Gasteiger partial charge in [0.2, 0.25) is 0 Å². The maximum Gasteiger partial charge on any atom is 0.191 e. The molecule has 8 heteroatoms. The predicted molar refractivity (Wildman–Crippen MR) is 111 cm³/mol. The molecule has 1 aromatic heterocycles. The Morgan fingerprint density at radius 2 is 2.31 bits per heavy atom. The molecule has 3 atom stereocenters. The minimum Gasteiger partial charge on any atom is -0.373 e. The molecule has 2 bridgehead atoms. The Morgan fingerprint density at radius 1 is 1.38 bits per heavy atom. The van der Waals surface area contributed by atoms with Crippen molar-refractivity contribution in [1.29, 1.82) is 0 Å². The van der Waals surface area contributed by atoms with E-state index in [0.717, 1.165) is 42.3 Å². The second-order valence-corrected chi connectivity index (χ2v) is 6.59. The fourth-order valence-corrected chi connectivity index (χ4v) is 3.62. The molecule has 2 aromatic rings. The number of guanidine groups is 1. The molecule has 7 nitrogen and oxygen atoms in total. The number of halogens is 1. The molecule has 0 aliphatic carbocycles. The van der Waals surface area contributed by atoms with Gasteiger partial charge in [0, 0.05) is 12.1 Å². The zero-order valence-corrected chi connectivity index (χ0v) is 17.1. The van der Waals surface area contributed by atoms with Crippen LogP contribution in [0.3, 0.4) is 0 Å². The fourth-order valence-electron chi connectivity index (χ4n) is 3.62. The predicted octanol–water partition coefficient (Wildman–Crippen LogP) is 2.46. The van der Waals surface area contributed by atoms with Crippen LogP contribution in [-0.4, -0.2) is 45.9 Å². The third kappa shape index (κ3) is 4.35. The van der Waals surface area contributed by atoms with Gasteiger partial charge in [-0.25, -0.2) is 9.98 Å². The highest BCUT2D eigenvalue weighted by Gasteiger charge is 2.41. The number of fused-ring (bicyclic) bond motifs is 2. The van der Waals surface area contributed by atoms with E-state index >= 15 is 0 Å². The number of nitrogens with one attached hydrogen (secondary N) is 3. The molecule has 2 aliphatic heterocycles. The van der Waals surface area contributed by atoms with Gasteiger partial charge in [-0.1, -0.05) is 18.2 Å². The Hall–Kier alpha value is -1.68. The first-order valence-corrected chi connectivity index (χ1v) is 8.97. The van der Waals surface area contributed by atoms with E-state index in [-0.39, 0.29) is 24.0 Å². The average molecular weight is 468 g/mol. The molecular weight excluding hydrogens is 443 g/mol. The molecular formula is C18H25IN6O. The molecule has 2 aliphatic rings. The lowest BCUT2D eigenvalue weighted by Gasteiger charge is -2.22. The Kier molecular flexibility index (Phi) is 6.47. The Morgan fingerprint density at radius 3 is 3.00 bits per heavy atom. The van der Waals surface area contributed by atoms with Gasteiger partial charge in [-0.3, -0.25) is 5.10 Å². The number of aromatic amines is 1. The zero-order chi connectivity index (χ0) is 17.1. The van der Waals surface area contributed by atoms with E-state index in [2.05, 4.69) is 44.9 Å². The van der Waals surface area contributed by atoms with Crippen LogP contribution in [0.5, 0.6) is 0 Å². The van der Waals surface area contributed by atoms with Crippen LogP contribution in [0.4, 0.5) is 0 Å². The first-order chi connectivity index (χ1) is 12.3. The molecule has 2 saturated heterocycles. The molecule has 0 amide bonds. The molecule has 4 rings (SSSR count). The molecule has 140 valence electrons. The third-order valence-corrected chi connectivity index (χ3v) is 4.81.